The van der Waals surface area contributed by atoms with E-state index in [1.165, 1.54) is 0 Å². The van der Waals surface area contributed by atoms with E-state index in [4.69, 9.17) is 20.9 Å². The van der Waals surface area contributed by atoms with Crippen molar-refractivity contribution in [1.29, 1.82) is 0 Å². The number of ether oxygens (including phenoxy) is 1. The second kappa shape index (κ2) is 8.29. The number of aliphatic imine (C=N–C) groups is 1. The SMILES string of the molecule is CN=C(NCc1ccon1)N(C)CCOc1cccc(Cl)c1. The summed E-state index contributed by atoms with van der Waals surface area (Å²) in [5.41, 5.74) is 0.824. The number of guanidine groups is 1. The first kappa shape index (κ1) is 16.2. The summed E-state index contributed by atoms with van der Waals surface area (Å²) >= 11 is 5.92. The highest BCUT2D eigenvalue weighted by Crippen LogP contribution is 2.16. The van der Waals surface area contributed by atoms with Gasteiger partial charge in [-0.25, -0.2) is 0 Å². The first-order chi connectivity index (χ1) is 10.7. The third-order valence-electron chi connectivity index (χ3n) is 2.98. The average Bonchev–Trinajstić information content (AvgIpc) is 3.01. The van der Waals surface area contributed by atoms with Crippen LogP contribution in [0.2, 0.25) is 5.02 Å². The number of hydrogen-bond acceptors (Lipinski definition) is 4. The van der Waals surface area contributed by atoms with E-state index in [2.05, 4.69) is 15.5 Å². The van der Waals surface area contributed by atoms with Gasteiger partial charge in [0.2, 0.25) is 0 Å². The lowest BCUT2D eigenvalue weighted by Crippen LogP contribution is -2.40. The van der Waals surface area contributed by atoms with Crippen LogP contribution in [0.25, 0.3) is 0 Å². The highest BCUT2D eigenvalue weighted by Gasteiger charge is 2.07. The first-order valence-corrected chi connectivity index (χ1v) is 7.26. The van der Waals surface area contributed by atoms with Crippen LogP contribution in [0.4, 0.5) is 0 Å². The van der Waals surface area contributed by atoms with Crippen LogP contribution in [0.15, 0.2) is 46.1 Å². The molecule has 0 spiro atoms. The predicted octanol–water partition coefficient (Wildman–Crippen LogP) is 2.41. The van der Waals surface area contributed by atoms with E-state index in [-0.39, 0.29) is 0 Å². The zero-order chi connectivity index (χ0) is 15.8. The molecule has 7 heteroatoms. The van der Waals surface area contributed by atoms with Gasteiger partial charge in [-0.2, -0.15) is 0 Å². The number of rotatable bonds is 6. The van der Waals surface area contributed by atoms with Gasteiger partial charge in [-0.1, -0.05) is 22.8 Å². The monoisotopic (exact) mass is 322 g/mol. The molecule has 2 rings (SSSR count). The van der Waals surface area contributed by atoms with E-state index >= 15 is 0 Å². The maximum absolute atomic E-state index is 5.92. The summed E-state index contributed by atoms with van der Waals surface area (Å²) < 4.78 is 10.5. The largest absolute Gasteiger partial charge is 0.492 e. The van der Waals surface area contributed by atoms with Crippen molar-refractivity contribution in [3.8, 4) is 5.75 Å². The number of hydrogen-bond donors (Lipinski definition) is 1. The number of nitrogens with one attached hydrogen (secondary N) is 1. The topological polar surface area (TPSA) is 62.9 Å². The van der Waals surface area contributed by atoms with Gasteiger partial charge in [0.25, 0.3) is 0 Å². The first-order valence-electron chi connectivity index (χ1n) is 6.88. The second-order valence-electron chi connectivity index (χ2n) is 4.62. The van der Waals surface area contributed by atoms with E-state index in [1.54, 1.807) is 19.4 Å². The van der Waals surface area contributed by atoms with E-state index in [1.807, 2.05) is 36.2 Å². The molecule has 0 aliphatic rings. The maximum Gasteiger partial charge on any atom is 0.193 e. The summed E-state index contributed by atoms with van der Waals surface area (Å²) in [6.07, 6.45) is 1.54. The Morgan fingerprint density at radius 1 is 1.45 bits per heavy atom. The smallest absolute Gasteiger partial charge is 0.193 e. The van der Waals surface area contributed by atoms with Crippen molar-refractivity contribution in [2.45, 2.75) is 6.54 Å². The van der Waals surface area contributed by atoms with Gasteiger partial charge in [0.05, 0.1) is 13.1 Å². The Kier molecular flexibility index (Phi) is 6.09. The molecule has 0 saturated heterocycles. The molecule has 1 aromatic carbocycles. The molecule has 0 aliphatic heterocycles. The maximum atomic E-state index is 5.92. The van der Waals surface area contributed by atoms with Gasteiger partial charge in [-0.15, -0.1) is 0 Å². The summed E-state index contributed by atoms with van der Waals surface area (Å²) in [4.78, 5) is 6.20. The number of halogens is 1. The number of likely N-dealkylation sites (N-methyl/N-ethyl adjacent to an activating group) is 1. The second-order valence-corrected chi connectivity index (χ2v) is 5.06. The highest BCUT2D eigenvalue weighted by molar-refractivity contribution is 6.30. The fourth-order valence-corrected chi connectivity index (χ4v) is 2.03. The lowest BCUT2D eigenvalue weighted by Gasteiger charge is -2.21. The average molecular weight is 323 g/mol. The number of benzene rings is 1. The number of aromatic nitrogens is 1. The molecule has 0 unspecified atom stereocenters. The lowest BCUT2D eigenvalue weighted by atomic mass is 10.3. The van der Waals surface area contributed by atoms with E-state index in [9.17, 15) is 0 Å². The van der Waals surface area contributed by atoms with Crippen LogP contribution < -0.4 is 10.1 Å². The Hall–Kier alpha value is -2.21. The van der Waals surface area contributed by atoms with Gasteiger partial charge >= 0.3 is 0 Å². The molecule has 0 saturated carbocycles. The van der Waals surface area contributed by atoms with Crippen molar-refractivity contribution >= 4 is 17.6 Å². The van der Waals surface area contributed by atoms with Crippen LogP contribution in [0.3, 0.4) is 0 Å². The fraction of sp³-hybridized carbons (Fsp3) is 0.333. The Bertz CT molecular complexity index is 601. The molecule has 22 heavy (non-hydrogen) atoms. The van der Waals surface area contributed by atoms with Crippen molar-refractivity contribution in [2.75, 3.05) is 27.2 Å². The molecule has 118 valence electrons. The molecule has 0 aliphatic carbocycles. The summed E-state index contributed by atoms with van der Waals surface area (Å²) in [5.74, 6) is 1.52. The zero-order valence-corrected chi connectivity index (χ0v) is 13.4. The van der Waals surface area contributed by atoms with Gasteiger partial charge < -0.3 is 19.5 Å². The third-order valence-corrected chi connectivity index (χ3v) is 3.22. The Balaban J connectivity index is 1.76. The van der Waals surface area contributed by atoms with Gasteiger partial charge in [0.15, 0.2) is 5.96 Å². The van der Waals surface area contributed by atoms with Crippen LogP contribution in [0, 0.1) is 0 Å². The standard InChI is InChI=1S/C15H19ClN4O2/c1-17-15(18-11-13-6-8-22-19-13)20(2)7-9-21-14-5-3-4-12(16)10-14/h3-6,8,10H,7,9,11H2,1-2H3,(H,17,18). The fourth-order valence-electron chi connectivity index (χ4n) is 1.85. The summed E-state index contributed by atoms with van der Waals surface area (Å²) in [5, 5.41) is 7.71. The molecule has 0 fully saturated rings. The zero-order valence-electron chi connectivity index (χ0n) is 12.6. The minimum atomic E-state index is 0.529. The minimum absolute atomic E-state index is 0.529. The summed E-state index contributed by atoms with van der Waals surface area (Å²) in [7, 11) is 3.68. The Labute approximate surface area is 134 Å². The Morgan fingerprint density at radius 2 is 2.32 bits per heavy atom. The molecule has 1 heterocycles. The third kappa shape index (κ3) is 4.96. The molecule has 1 N–H and O–H groups in total. The molecule has 0 radical (unpaired) electrons. The summed E-state index contributed by atoms with van der Waals surface area (Å²) in [6.45, 7) is 1.77. The van der Waals surface area contributed by atoms with Crippen molar-refractivity contribution < 1.29 is 9.26 Å². The lowest BCUT2D eigenvalue weighted by molar-refractivity contribution is 0.281. The van der Waals surface area contributed by atoms with E-state index < -0.39 is 0 Å². The van der Waals surface area contributed by atoms with Crippen LogP contribution in [-0.2, 0) is 6.54 Å². The molecular formula is C15H19ClN4O2. The van der Waals surface area contributed by atoms with Crippen LogP contribution in [0.1, 0.15) is 5.69 Å². The van der Waals surface area contributed by atoms with E-state index in [0.29, 0.717) is 24.7 Å². The molecule has 0 amide bonds. The van der Waals surface area contributed by atoms with Crippen molar-refractivity contribution in [2.24, 2.45) is 4.99 Å². The molecular weight excluding hydrogens is 304 g/mol. The van der Waals surface area contributed by atoms with E-state index in [0.717, 1.165) is 17.4 Å². The van der Waals surface area contributed by atoms with Gasteiger partial charge in [0.1, 0.15) is 24.3 Å². The minimum Gasteiger partial charge on any atom is -0.492 e. The van der Waals surface area contributed by atoms with Crippen LogP contribution >= 0.6 is 11.6 Å². The quantitative estimate of drug-likeness (QED) is 0.653. The predicted molar refractivity (Wildman–Crippen MR) is 86.3 cm³/mol. The Morgan fingerprint density at radius 3 is 3.00 bits per heavy atom. The van der Waals surface area contributed by atoms with Crippen LogP contribution in [0.5, 0.6) is 5.75 Å². The van der Waals surface area contributed by atoms with Crippen molar-refractivity contribution in [1.82, 2.24) is 15.4 Å². The van der Waals surface area contributed by atoms with Gasteiger partial charge in [0, 0.05) is 25.2 Å². The normalized spacial score (nSPS) is 11.3. The van der Waals surface area contributed by atoms with Crippen LogP contribution in [-0.4, -0.2) is 43.3 Å². The van der Waals surface area contributed by atoms with Gasteiger partial charge in [-0.3, -0.25) is 4.99 Å². The molecule has 2 aromatic rings. The number of nitrogens with zero attached hydrogens (tertiary/aromatic N) is 3. The molecule has 6 nitrogen and oxygen atoms in total. The molecule has 0 bridgehead atoms. The van der Waals surface area contributed by atoms with Crippen molar-refractivity contribution in [3.63, 3.8) is 0 Å². The summed E-state index contributed by atoms with van der Waals surface area (Å²) in [6, 6.07) is 9.15. The van der Waals surface area contributed by atoms with Gasteiger partial charge in [-0.05, 0) is 18.2 Å². The molecule has 0 atom stereocenters. The van der Waals surface area contributed by atoms with Crippen molar-refractivity contribution in [3.05, 3.63) is 47.3 Å². The highest BCUT2D eigenvalue weighted by atomic mass is 35.5. The molecule has 1 aromatic heterocycles.